The summed E-state index contributed by atoms with van der Waals surface area (Å²) in [5, 5.41) is 6.58. The Hall–Kier alpha value is -1.66. The van der Waals surface area contributed by atoms with E-state index < -0.39 is 0 Å². The molecule has 0 aliphatic carbocycles. The normalized spacial score (nSPS) is 13.1. The summed E-state index contributed by atoms with van der Waals surface area (Å²) in [6.07, 6.45) is 1.16. The molecule has 0 saturated carbocycles. The fraction of sp³-hybridized carbons (Fsp3) is 0.650. The van der Waals surface area contributed by atoms with Crippen molar-refractivity contribution in [1.82, 2.24) is 10.6 Å². The lowest BCUT2D eigenvalue weighted by molar-refractivity contribution is 0.0258. The zero-order valence-electron chi connectivity index (χ0n) is 16.8. The predicted octanol–water partition coefficient (Wildman–Crippen LogP) is 3.48. The Labute approximate surface area is 157 Å². The zero-order valence-corrected chi connectivity index (χ0v) is 16.8. The van der Waals surface area contributed by atoms with Crippen molar-refractivity contribution >= 4 is 5.96 Å². The number of hydrogen-bond donors (Lipinski definition) is 2. The number of guanidine groups is 1. The van der Waals surface area contributed by atoms with Gasteiger partial charge in [0.2, 0.25) is 0 Å². The molecule has 5 nitrogen and oxygen atoms in total. The van der Waals surface area contributed by atoms with Crippen molar-refractivity contribution in [2.24, 2.45) is 10.9 Å². The van der Waals surface area contributed by atoms with Crippen LogP contribution in [0.4, 0.5) is 4.39 Å². The molecule has 1 rings (SSSR count). The minimum absolute atomic E-state index is 0.240. The Balaban J connectivity index is 2.64. The third kappa shape index (κ3) is 8.15. The lowest BCUT2D eigenvalue weighted by Gasteiger charge is -2.21. The van der Waals surface area contributed by atoms with E-state index in [1.807, 2.05) is 13.8 Å². The summed E-state index contributed by atoms with van der Waals surface area (Å²) in [7, 11) is 1.56. The molecule has 0 radical (unpaired) electrons. The highest BCUT2D eigenvalue weighted by Gasteiger charge is 2.13. The number of ether oxygens (including phenoxy) is 2. The SMILES string of the molecule is CCNC(=NCc1ccc(F)c(COC)c1)NCCC(OCC)C(C)C. The first kappa shape index (κ1) is 22.4. The average Bonchev–Trinajstić information content (AvgIpc) is 2.61. The van der Waals surface area contributed by atoms with Gasteiger partial charge >= 0.3 is 0 Å². The molecule has 0 fully saturated rings. The van der Waals surface area contributed by atoms with Crippen LogP contribution in [0.5, 0.6) is 0 Å². The van der Waals surface area contributed by atoms with E-state index in [0.717, 1.165) is 37.6 Å². The monoisotopic (exact) mass is 367 g/mol. The Morgan fingerprint density at radius 3 is 2.62 bits per heavy atom. The van der Waals surface area contributed by atoms with Crippen LogP contribution in [0.15, 0.2) is 23.2 Å². The molecule has 6 heteroatoms. The third-order valence-corrected chi connectivity index (χ3v) is 4.02. The number of nitrogens with one attached hydrogen (secondary N) is 2. The van der Waals surface area contributed by atoms with Crippen molar-refractivity contribution in [3.63, 3.8) is 0 Å². The van der Waals surface area contributed by atoms with Crippen molar-refractivity contribution in [3.05, 3.63) is 35.1 Å². The quantitative estimate of drug-likeness (QED) is 0.464. The van der Waals surface area contributed by atoms with E-state index in [2.05, 4.69) is 29.5 Å². The number of nitrogens with zero attached hydrogens (tertiary/aromatic N) is 1. The first-order valence-electron chi connectivity index (χ1n) is 9.41. The molecule has 0 aromatic heterocycles. The average molecular weight is 368 g/mol. The highest BCUT2D eigenvalue weighted by atomic mass is 19.1. The van der Waals surface area contributed by atoms with Crippen molar-refractivity contribution in [2.75, 3.05) is 26.8 Å². The number of benzene rings is 1. The largest absolute Gasteiger partial charge is 0.380 e. The van der Waals surface area contributed by atoms with Gasteiger partial charge in [0.15, 0.2) is 5.96 Å². The van der Waals surface area contributed by atoms with Gasteiger partial charge in [-0.25, -0.2) is 9.38 Å². The molecule has 1 aromatic carbocycles. The molecule has 0 aliphatic rings. The van der Waals surface area contributed by atoms with Crippen LogP contribution in [0.3, 0.4) is 0 Å². The highest BCUT2D eigenvalue weighted by molar-refractivity contribution is 5.79. The van der Waals surface area contributed by atoms with E-state index in [4.69, 9.17) is 9.47 Å². The van der Waals surface area contributed by atoms with Gasteiger partial charge < -0.3 is 20.1 Å². The van der Waals surface area contributed by atoms with E-state index in [9.17, 15) is 4.39 Å². The van der Waals surface area contributed by atoms with Crippen LogP contribution in [-0.4, -0.2) is 38.9 Å². The number of hydrogen-bond acceptors (Lipinski definition) is 3. The Morgan fingerprint density at radius 1 is 1.23 bits per heavy atom. The smallest absolute Gasteiger partial charge is 0.191 e. The van der Waals surface area contributed by atoms with Crippen LogP contribution in [0.1, 0.15) is 45.2 Å². The first-order chi connectivity index (χ1) is 12.5. The van der Waals surface area contributed by atoms with Gasteiger partial charge in [-0.2, -0.15) is 0 Å². The predicted molar refractivity (Wildman–Crippen MR) is 105 cm³/mol. The molecule has 0 saturated heterocycles. The lowest BCUT2D eigenvalue weighted by atomic mass is 10.0. The van der Waals surface area contributed by atoms with Gasteiger partial charge in [-0.1, -0.05) is 19.9 Å². The van der Waals surface area contributed by atoms with Crippen LogP contribution in [0.25, 0.3) is 0 Å². The summed E-state index contributed by atoms with van der Waals surface area (Å²) in [4.78, 5) is 4.59. The van der Waals surface area contributed by atoms with Gasteiger partial charge in [0.05, 0.1) is 19.3 Å². The van der Waals surface area contributed by atoms with E-state index in [1.54, 1.807) is 19.2 Å². The van der Waals surface area contributed by atoms with E-state index >= 15 is 0 Å². The standard InChI is InChI=1S/C20H34FN3O2/c1-6-22-20(23-11-10-19(15(3)4)26-7-2)24-13-16-8-9-18(21)17(12-16)14-25-5/h8-9,12,15,19H,6-7,10-11,13-14H2,1-5H3,(H2,22,23,24). The van der Waals surface area contributed by atoms with E-state index in [1.165, 1.54) is 6.07 Å². The van der Waals surface area contributed by atoms with E-state index in [0.29, 0.717) is 18.0 Å². The van der Waals surface area contributed by atoms with Gasteiger partial charge in [-0.3, -0.25) is 0 Å². The second-order valence-electron chi connectivity index (χ2n) is 6.51. The van der Waals surface area contributed by atoms with E-state index in [-0.39, 0.29) is 18.5 Å². The van der Waals surface area contributed by atoms with Crippen LogP contribution >= 0.6 is 0 Å². The van der Waals surface area contributed by atoms with Crippen LogP contribution < -0.4 is 10.6 Å². The first-order valence-corrected chi connectivity index (χ1v) is 9.41. The van der Waals surface area contributed by atoms with Crippen LogP contribution in [0.2, 0.25) is 0 Å². The minimum atomic E-state index is -0.250. The Morgan fingerprint density at radius 2 is 2.00 bits per heavy atom. The maximum absolute atomic E-state index is 13.7. The topological polar surface area (TPSA) is 54.9 Å². The fourth-order valence-electron chi connectivity index (χ4n) is 2.66. The molecule has 0 aliphatic heterocycles. The van der Waals surface area contributed by atoms with Crippen LogP contribution in [-0.2, 0) is 22.6 Å². The molecule has 1 unspecified atom stereocenters. The minimum Gasteiger partial charge on any atom is -0.380 e. The molecule has 0 bridgehead atoms. The maximum atomic E-state index is 13.7. The molecule has 0 heterocycles. The van der Waals surface area contributed by atoms with Gasteiger partial charge in [0.1, 0.15) is 5.82 Å². The molecular weight excluding hydrogens is 333 g/mol. The molecule has 0 spiro atoms. The summed E-state index contributed by atoms with van der Waals surface area (Å²) < 4.78 is 24.5. The van der Waals surface area contributed by atoms with Gasteiger partial charge in [-0.05, 0) is 43.9 Å². The molecule has 26 heavy (non-hydrogen) atoms. The number of aliphatic imine (C=N–C) groups is 1. The summed E-state index contributed by atoms with van der Waals surface area (Å²) in [5.41, 5.74) is 1.50. The maximum Gasteiger partial charge on any atom is 0.191 e. The van der Waals surface area contributed by atoms with Crippen molar-refractivity contribution in [1.29, 1.82) is 0 Å². The summed E-state index contributed by atoms with van der Waals surface area (Å²) in [6.45, 7) is 11.4. The van der Waals surface area contributed by atoms with Crippen molar-refractivity contribution in [2.45, 2.75) is 53.4 Å². The summed E-state index contributed by atoms with van der Waals surface area (Å²) in [6, 6.07) is 5.02. The molecule has 0 amide bonds. The van der Waals surface area contributed by atoms with Gasteiger partial charge in [0, 0.05) is 32.4 Å². The molecule has 1 aromatic rings. The van der Waals surface area contributed by atoms with Gasteiger partial charge in [0.25, 0.3) is 0 Å². The number of halogens is 1. The summed E-state index contributed by atoms with van der Waals surface area (Å²) in [5.74, 6) is 0.985. The summed E-state index contributed by atoms with van der Waals surface area (Å²) >= 11 is 0. The van der Waals surface area contributed by atoms with Crippen LogP contribution in [0, 0.1) is 11.7 Å². The fourth-order valence-corrected chi connectivity index (χ4v) is 2.66. The van der Waals surface area contributed by atoms with Gasteiger partial charge in [-0.15, -0.1) is 0 Å². The molecule has 2 N–H and O–H groups in total. The molecule has 148 valence electrons. The zero-order chi connectivity index (χ0) is 19.4. The highest BCUT2D eigenvalue weighted by Crippen LogP contribution is 2.13. The van der Waals surface area contributed by atoms with Crippen molar-refractivity contribution in [3.8, 4) is 0 Å². The second kappa shape index (κ2) is 12.7. The molecule has 1 atom stereocenters. The lowest BCUT2D eigenvalue weighted by Crippen LogP contribution is -2.39. The Bertz CT molecular complexity index is 550. The number of methoxy groups -OCH3 is 1. The van der Waals surface area contributed by atoms with Crippen molar-refractivity contribution < 1.29 is 13.9 Å². The molecular formula is C20H34FN3O2. The third-order valence-electron chi connectivity index (χ3n) is 4.02. The Kier molecular flexibility index (Phi) is 10.9. The number of rotatable bonds is 11. The second-order valence-corrected chi connectivity index (χ2v) is 6.51.